The van der Waals surface area contributed by atoms with E-state index in [2.05, 4.69) is 65.7 Å². The van der Waals surface area contributed by atoms with Gasteiger partial charge in [0.15, 0.2) is 0 Å². The van der Waals surface area contributed by atoms with E-state index in [-0.39, 0.29) is 6.10 Å². The number of hydrogen-bond acceptors (Lipinski definition) is 3. The van der Waals surface area contributed by atoms with Gasteiger partial charge in [-0.25, -0.2) is 0 Å². The van der Waals surface area contributed by atoms with Crippen LogP contribution in [-0.2, 0) is 13.1 Å². The third-order valence-corrected chi connectivity index (χ3v) is 4.08. The van der Waals surface area contributed by atoms with Gasteiger partial charge >= 0.3 is 0 Å². The average molecular weight is 326 g/mol. The highest BCUT2D eigenvalue weighted by Crippen LogP contribution is 2.11. The van der Waals surface area contributed by atoms with Crippen LogP contribution in [0, 0.1) is 0 Å². The smallest absolute Gasteiger partial charge is 0.0676 e. The van der Waals surface area contributed by atoms with Crippen LogP contribution in [0.15, 0.2) is 60.7 Å². The second-order valence-electron chi connectivity index (χ2n) is 6.33. The van der Waals surface area contributed by atoms with Gasteiger partial charge in [-0.3, -0.25) is 4.90 Å². The standard InChI is InChI=1S/C21H30N2O/c1-2-14-22-16-21(24)13-15-23(17-19-9-5-3-6-10-19)18-20-11-7-4-8-12-20/h3-12,21-22,24H,2,13-18H2,1H3. The molecule has 0 aliphatic heterocycles. The zero-order valence-electron chi connectivity index (χ0n) is 14.7. The Kier molecular flexibility index (Phi) is 8.53. The van der Waals surface area contributed by atoms with Crippen LogP contribution in [0.25, 0.3) is 0 Å². The first kappa shape index (κ1) is 18.7. The molecule has 130 valence electrons. The fraction of sp³-hybridized carbons (Fsp3) is 0.429. The van der Waals surface area contributed by atoms with Gasteiger partial charge in [0.05, 0.1) is 6.10 Å². The average Bonchev–Trinajstić information content (AvgIpc) is 2.62. The zero-order valence-corrected chi connectivity index (χ0v) is 14.7. The minimum Gasteiger partial charge on any atom is -0.392 e. The van der Waals surface area contributed by atoms with Gasteiger partial charge in [0.2, 0.25) is 0 Å². The predicted molar refractivity (Wildman–Crippen MR) is 101 cm³/mol. The van der Waals surface area contributed by atoms with Crippen LogP contribution >= 0.6 is 0 Å². The Morgan fingerprint density at radius 3 is 1.96 bits per heavy atom. The normalized spacial score (nSPS) is 12.5. The highest BCUT2D eigenvalue weighted by Gasteiger charge is 2.10. The summed E-state index contributed by atoms with van der Waals surface area (Å²) in [6, 6.07) is 21.1. The van der Waals surface area contributed by atoms with E-state index in [0.717, 1.165) is 39.0 Å². The molecule has 0 saturated heterocycles. The van der Waals surface area contributed by atoms with Crippen LogP contribution in [0.1, 0.15) is 30.9 Å². The zero-order chi connectivity index (χ0) is 17.0. The van der Waals surface area contributed by atoms with Gasteiger partial charge in [-0.05, 0) is 30.5 Å². The lowest BCUT2D eigenvalue weighted by Crippen LogP contribution is -2.32. The lowest BCUT2D eigenvalue weighted by atomic mass is 10.1. The number of aliphatic hydroxyl groups is 1. The summed E-state index contributed by atoms with van der Waals surface area (Å²) >= 11 is 0. The van der Waals surface area contributed by atoms with E-state index in [1.807, 2.05) is 12.1 Å². The topological polar surface area (TPSA) is 35.5 Å². The lowest BCUT2D eigenvalue weighted by Gasteiger charge is -2.24. The molecule has 0 spiro atoms. The molecule has 0 aromatic heterocycles. The van der Waals surface area contributed by atoms with Crippen LogP contribution in [0.5, 0.6) is 0 Å². The monoisotopic (exact) mass is 326 g/mol. The first-order valence-electron chi connectivity index (χ1n) is 8.97. The maximum Gasteiger partial charge on any atom is 0.0676 e. The highest BCUT2D eigenvalue weighted by molar-refractivity contribution is 5.17. The van der Waals surface area contributed by atoms with Crippen molar-refractivity contribution in [2.24, 2.45) is 0 Å². The molecule has 0 radical (unpaired) electrons. The van der Waals surface area contributed by atoms with Crippen molar-refractivity contribution in [2.75, 3.05) is 19.6 Å². The summed E-state index contributed by atoms with van der Waals surface area (Å²) in [5.74, 6) is 0. The third-order valence-electron chi connectivity index (χ3n) is 4.08. The molecule has 2 rings (SSSR count). The first-order valence-corrected chi connectivity index (χ1v) is 8.97. The van der Waals surface area contributed by atoms with Crippen LogP contribution in [0.4, 0.5) is 0 Å². The summed E-state index contributed by atoms with van der Waals surface area (Å²) in [6.45, 7) is 6.49. The molecule has 2 N–H and O–H groups in total. The molecule has 0 aliphatic rings. The van der Waals surface area contributed by atoms with Crippen molar-refractivity contribution < 1.29 is 5.11 Å². The Morgan fingerprint density at radius 2 is 1.46 bits per heavy atom. The minimum absolute atomic E-state index is 0.286. The molecule has 0 bridgehead atoms. The number of nitrogens with zero attached hydrogens (tertiary/aromatic N) is 1. The van der Waals surface area contributed by atoms with Gasteiger partial charge in [0.25, 0.3) is 0 Å². The van der Waals surface area contributed by atoms with E-state index >= 15 is 0 Å². The lowest BCUT2D eigenvalue weighted by molar-refractivity contribution is 0.134. The van der Waals surface area contributed by atoms with E-state index in [1.54, 1.807) is 0 Å². The number of aliphatic hydroxyl groups excluding tert-OH is 1. The number of rotatable bonds is 11. The minimum atomic E-state index is -0.286. The summed E-state index contributed by atoms with van der Waals surface area (Å²) in [6.07, 6.45) is 1.60. The quantitative estimate of drug-likeness (QED) is 0.621. The van der Waals surface area contributed by atoms with Gasteiger partial charge in [0.1, 0.15) is 0 Å². The summed E-state index contributed by atoms with van der Waals surface area (Å²) < 4.78 is 0. The van der Waals surface area contributed by atoms with Gasteiger partial charge in [-0.1, -0.05) is 67.6 Å². The van der Waals surface area contributed by atoms with Crippen molar-refractivity contribution in [3.8, 4) is 0 Å². The molecule has 2 aromatic carbocycles. The Hall–Kier alpha value is -1.68. The van der Waals surface area contributed by atoms with E-state index in [4.69, 9.17) is 0 Å². The van der Waals surface area contributed by atoms with Crippen molar-refractivity contribution in [1.82, 2.24) is 10.2 Å². The van der Waals surface area contributed by atoms with Crippen molar-refractivity contribution in [1.29, 1.82) is 0 Å². The molecule has 1 atom stereocenters. The van der Waals surface area contributed by atoms with Gasteiger partial charge in [0, 0.05) is 26.2 Å². The van der Waals surface area contributed by atoms with E-state index in [1.165, 1.54) is 11.1 Å². The molecule has 2 aromatic rings. The molecular formula is C21H30N2O. The van der Waals surface area contributed by atoms with Crippen molar-refractivity contribution >= 4 is 0 Å². The summed E-state index contributed by atoms with van der Waals surface area (Å²) in [7, 11) is 0. The van der Waals surface area contributed by atoms with Gasteiger partial charge in [-0.2, -0.15) is 0 Å². The maximum absolute atomic E-state index is 10.2. The van der Waals surface area contributed by atoms with Gasteiger partial charge < -0.3 is 10.4 Å². The molecule has 0 heterocycles. The number of nitrogens with one attached hydrogen (secondary N) is 1. The van der Waals surface area contributed by atoms with Crippen molar-refractivity contribution in [3.05, 3.63) is 71.8 Å². The van der Waals surface area contributed by atoms with E-state index < -0.39 is 0 Å². The molecular weight excluding hydrogens is 296 g/mol. The molecule has 3 nitrogen and oxygen atoms in total. The van der Waals surface area contributed by atoms with Gasteiger partial charge in [-0.15, -0.1) is 0 Å². The van der Waals surface area contributed by atoms with Crippen LogP contribution in [0.3, 0.4) is 0 Å². The molecule has 0 amide bonds. The van der Waals surface area contributed by atoms with E-state index in [0.29, 0.717) is 6.54 Å². The second-order valence-corrected chi connectivity index (χ2v) is 6.33. The first-order chi connectivity index (χ1) is 11.8. The molecule has 0 fully saturated rings. The van der Waals surface area contributed by atoms with Crippen LogP contribution in [-0.4, -0.2) is 35.7 Å². The maximum atomic E-state index is 10.2. The van der Waals surface area contributed by atoms with Crippen molar-refractivity contribution in [3.63, 3.8) is 0 Å². The van der Waals surface area contributed by atoms with Crippen molar-refractivity contribution in [2.45, 2.75) is 39.0 Å². The molecule has 0 saturated carbocycles. The van der Waals surface area contributed by atoms with E-state index in [9.17, 15) is 5.11 Å². The predicted octanol–water partition coefficient (Wildman–Crippen LogP) is 3.44. The highest BCUT2D eigenvalue weighted by atomic mass is 16.3. The fourth-order valence-corrected chi connectivity index (χ4v) is 2.78. The SMILES string of the molecule is CCCNCC(O)CCN(Cc1ccccc1)Cc1ccccc1. The summed E-state index contributed by atoms with van der Waals surface area (Å²) in [5.41, 5.74) is 2.62. The van der Waals surface area contributed by atoms with Crippen LogP contribution < -0.4 is 5.32 Å². The largest absolute Gasteiger partial charge is 0.392 e. The summed E-state index contributed by atoms with van der Waals surface area (Å²) in [4.78, 5) is 2.41. The Labute approximate surface area is 146 Å². The molecule has 0 aliphatic carbocycles. The fourth-order valence-electron chi connectivity index (χ4n) is 2.78. The Morgan fingerprint density at radius 1 is 0.917 bits per heavy atom. The summed E-state index contributed by atoms with van der Waals surface area (Å²) in [5, 5.41) is 13.5. The third kappa shape index (κ3) is 7.26. The Bertz CT molecular complexity index is 503. The number of benzene rings is 2. The second kappa shape index (κ2) is 11.0. The molecule has 1 unspecified atom stereocenters. The molecule has 24 heavy (non-hydrogen) atoms. The van der Waals surface area contributed by atoms with Crippen LogP contribution in [0.2, 0.25) is 0 Å². The number of hydrogen-bond donors (Lipinski definition) is 2. The molecule has 3 heteroatoms. The Balaban J connectivity index is 1.89.